The molecule has 1 atom stereocenters. The number of Topliss-reactive ketones (excluding diaryl/α,β-unsaturated/α-hetero) is 1. The Labute approximate surface area is 106 Å². The minimum Gasteiger partial charge on any atom is -0.298 e. The monoisotopic (exact) mass is 253 g/mol. The van der Waals surface area contributed by atoms with Crippen LogP contribution >= 0.6 is 11.8 Å². The summed E-state index contributed by atoms with van der Waals surface area (Å²) >= 11 is 1.80. The van der Waals surface area contributed by atoms with Crippen LogP contribution in [0.2, 0.25) is 0 Å². The van der Waals surface area contributed by atoms with Gasteiger partial charge in [-0.3, -0.25) is 4.79 Å². The van der Waals surface area contributed by atoms with Gasteiger partial charge in [-0.25, -0.2) is 9.67 Å². The number of carbonyl (C=O) groups is 1. The summed E-state index contributed by atoms with van der Waals surface area (Å²) in [4.78, 5) is 16.3. The second-order valence-electron chi connectivity index (χ2n) is 4.71. The van der Waals surface area contributed by atoms with Gasteiger partial charge in [-0.2, -0.15) is 16.9 Å². The predicted octanol–water partition coefficient (Wildman–Crippen LogP) is 2.26. The van der Waals surface area contributed by atoms with Crippen LogP contribution in [0.5, 0.6) is 0 Å². The lowest BCUT2D eigenvalue weighted by Gasteiger charge is -2.20. The first-order valence-electron chi connectivity index (χ1n) is 6.21. The SMILES string of the molecule is CC(C)n1ncnc1CC(=O)C1CCCCS1. The summed E-state index contributed by atoms with van der Waals surface area (Å²) in [5, 5.41) is 4.34. The molecule has 0 amide bonds. The average Bonchev–Trinajstić information content (AvgIpc) is 2.78. The molecule has 17 heavy (non-hydrogen) atoms. The number of carbonyl (C=O) groups excluding carboxylic acids is 1. The van der Waals surface area contributed by atoms with Gasteiger partial charge in [0.05, 0.1) is 11.7 Å². The van der Waals surface area contributed by atoms with Crippen molar-refractivity contribution in [2.45, 2.75) is 50.8 Å². The van der Waals surface area contributed by atoms with Gasteiger partial charge in [-0.15, -0.1) is 0 Å². The third-order valence-corrected chi connectivity index (χ3v) is 4.43. The first kappa shape index (κ1) is 12.6. The Kier molecular flexibility index (Phi) is 4.20. The molecule has 1 aliphatic rings. The van der Waals surface area contributed by atoms with Crippen molar-refractivity contribution in [1.82, 2.24) is 14.8 Å². The van der Waals surface area contributed by atoms with Crippen molar-refractivity contribution in [3.05, 3.63) is 12.2 Å². The zero-order chi connectivity index (χ0) is 12.3. The molecule has 2 heterocycles. The molecule has 0 spiro atoms. The quantitative estimate of drug-likeness (QED) is 0.826. The van der Waals surface area contributed by atoms with E-state index < -0.39 is 0 Å². The van der Waals surface area contributed by atoms with Crippen LogP contribution in [0.15, 0.2) is 6.33 Å². The minimum atomic E-state index is 0.182. The molecule has 0 aliphatic carbocycles. The third-order valence-electron chi connectivity index (χ3n) is 3.01. The summed E-state index contributed by atoms with van der Waals surface area (Å²) in [6.07, 6.45) is 5.42. The summed E-state index contributed by atoms with van der Waals surface area (Å²) in [6, 6.07) is 0.263. The number of hydrogen-bond donors (Lipinski definition) is 0. The van der Waals surface area contributed by atoms with E-state index in [1.807, 2.05) is 4.68 Å². The van der Waals surface area contributed by atoms with Crippen LogP contribution in [0.25, 0.3) is 0 Å². The Morgan fingerprint density at radius 1 is 1.59 bits per heavy atom. The number of hydrogen-bond acceptors (Lipinski definition) is 4. The van der Waals surface area contributed by atoms with E-state index in [4.69, 9.17) is 0 Å². The van der Waals surface area contributed by atoms with Gasteiger partial charge in [0.25, 0.3) is 0 Å². The highest BCUT2D eigenvalue weighted by molar-refractivity contribution is 8.00. The van der Waals surface area contributed by atoms with Crippen molar-refractivity contribution in [2.24, 2.45) is 0 Å². The van der Waals surface area contributed by atoms with E-state index in [0.717, 1.165) is 18.0 Å². The zero-order valence-electron chi connectivity index (χ0n) is 10.4. The van der Waals surface area contributed by atoms with Crippen LogP contribution in [0.3, 0.4) is 0 Å². The average molecular weight is 253 g/mol. The molecule has 4 nitrogen and oxygen atoms in total. The van der Waals surface area contributed by atoms with Crippen molar-refractivity contribution in [1.29, 1.82) is 0 Å². The summed E-state index contributed by atoms with van der Waals surface area (Å²) in [7, 11) is 0. The van der Waals surface area contributed by atoms with Crippen molar-refractivity contribution < 1.29 is 4.79 Å². The number of ketones is 1. The third kappa shape index (κ3) is 3.09. The van der Waals surface area contributed by atoms with E-state index in [2.05, 4.69) is 23.9 Å². The van der Waals surface area contributed by atoms with Gasteiger partial charge in [-0.05, 0) is 32.4 Å². The molecule has 0 radical (unpaired) electrons. The molecule has 1 aromatic heterocycles. The fourth-order valence-corrected chi connectivity index (χ4v) is 3.35. The zero-order valence-corrected chi connectivity index (χ0v) is 11.2. The van der Waals surface area contributed by atoms with Gasteiger partial charge in [0, 0.05) is 6.04 Å². The standard InChI is InChI=1S/C12H19N3OS/c1-9(2)15-12(13-8-14-15)7-10(16)11-5-3-4-6-17-11/h8-9,11H,3-7H2,1-2H3. The number of nitrogens with zero attached hydrogens (tertiary/aromatic N) is 3. The molecule has 0 N–H and O–H groups in total. The highest BCUT2D eigenvalue weighted by Gasteiger charge is 2.23. The van der Waals surface area contributed by atoms with E-state index in [9.17, 15) is 4.79 Å². The van der Waals surface area contributed by atoms with E-state index in [-0.39, 0.29) is 11.3 Å². The lowest BCUT2D eigenvalue weighted by Crippen LogP contribution is -2.24. The largest absolute Gasteiger partial charge is 0.298 e. The summed E-state index contributed by atoms with van der Waals surface area (Å²) in [6.45, 7) is 4.11. The Hall–Kier alpha value is -0.840. The molecule has 1 saturated heterocycles. The molecule has 0 bridgehead atoms. The Bertz CT molecular complexity index is 383. The van der Waals surface area contributed by atoms with Gasteiger partial charge < -0.3 is 0 Å². The van der Waals surface area contributed by atoms with E-state index in [0.29, 0.717) is 12.2 Å². The van der Waals surface area contributed by atoms with Crippen LogP contribution in [0.1, 0.15) is 45.0 Å². The minimum absolute atomic E-state index is 0.182. The van der Waals surface area contributed by atoms with Crippen molar-refractivity contribution in [3.8, 4) is 0 Å². The maximum Gasteiger partial charge on any atom is 0.153 e. The fraction of sp³-hybridized carbons (Fsp3) is 0.750. The van der Waals surface area contributed by atoms with Crippen LogP contribution in [-0.4, -0.2) is 31.6 Å². The molecule has 0 aromatic carbocycles. The Balaban J connectivity index is 1.99. The van der Waals surface area contributed by atoms with Gasteiger partial charge in [0.1, 0.15) is 12.2 Å². The van der Waals surface area contributed by atoms with Crippen LogP contribution in [0.4, 0.5) is 0 Å². The summed E-state index contributed by atoms with van der Waals surface area (Å²) in [5.74, 6) is 2.23. The maximum absolute atomic E-state index is 12.1. The molecule has 5 heteroatoms. The van der Waals surface area contributed by atoms with E-state index in [1.165, 1.54) is 19.2 Å². The highest BCUT2D eigenvalue weighted by atomic mass is 32.2. The fourth-order valence-electron chi connectivity index (χ4n) is 2.10. The first-order valence-corrected chi connectivity index (χ1v) is 7.26. The molecule has 0 saturated carbocycles. The van der Waals surface area contributed by atoms with E-state index >= 15 is 0 Å². The van der Waals surface area contributed by atoms with Crippen LogP contribution in [-0.2, 0) is 11.2 Å². The maximum atomic E-state index is 12.1. The molecule has 2 rings (SSSR count). The van der Waals surface area contributed by atoms with Gasteiger partial charge in [-0.1, -0.05) is 6.42 Å². The van der Waals surface area contributed by atoms with Crippen LogP contribution < -0.4 is 0 Å². The Morgan fingerprint density at radius 3 is 3.06 bits per heavy atom. The van der Waals surface area contributed by atoms with Gasteiger partial charge >= 0.3 is 0 Å². The second kappa shape index (κ2) is 5.67. The smallest absolute Gasteiger partial charge is 0.153 e. The van der Waals surface area contributed by atoms with Crippen LogP contribution in [0, 0.1) is 0 Å². The molecular formula is C12H19N3OS. The molecular weight excluding hydrogens is 234 g/mol. The number of aromatic nitrogens is 3. The van der Waals surface area contributed by atoms with E-state index in [1.54, 1.807) is 11.8 Å². The summed E-state index contributed by atoms with van der Waals surface area (Å²) in [5.41, 5.74) is 0. The lowest BCUT2D eigenvalue weighted by atomic mass is 10.1. The normalized spacial score (nSPS) is 20.8. The Morgan fingerprint density at radius 2 is 2.41 bits per heavy atom. The first-order chi connectivity index (χ1) is 8.18. The molecule has 1 unspecified atom stereocenters. The number of rotatable bonds is 4. The van der Waals surface area contributed by atoms with Crippen molar-refractivity contribution >= 4 is 17.5 Å². The molecule has 1 fully saturated rings. The molecule has 1 aromatic rings. The topological polar surface area (TPSA) is 47.8 Å². The predicted molar refractivity (Wildman–Crippen MR) is 69.2 cm³/mol. The summed E-state index contributed by atoms with van der Waals surface area (Å²) < 4.78 is 1.84. The van der Waals surface area contributed by atoms with Gasteiger partial charge in [0.2, 0.25) is 0 Å². The number of thioether (sulfide) groups is 1. The highest BCUT2D eigenvalue weighted by Crippen LogP contribution is 2.26. The molecule has 1 aliphatic heterocycles. The van der Waals surface area contributed by atoms with Crippen molar-refractivity contribution in [3.63, 3.8) is 0 Å². The lowest BCUT2D eigenvalue weighted by molar-refractivity contribution is -0.118. The van der Waals surface area contributed by atoms with Gasteiger partial charge in [0.15, 0.2) is 5.78 Å². The van der Waals surface area contributed by atoms with Crippen molar-refractivity contribution in [2.75, 3.05) is 5.75 Å². The molecule has 94 valence electrons. The second-order valence-corrected chi connectivity index (χ2v) is 6.02.